The second-order valence-corrected chi connectivity index (χ2v) is 7.48. The van der Waals surface area contributed by atoms with Crippen LogP contribution in [0.5, 0.6) is 0 Å². The van der Waals surface area contributed by atoms with E-state index in [4.69, 9.17) is 0 Å². The third-order valence-corrected chi connectivity index (χ3v) is 5.21. The Morgan fingerprint density at radius 1 is 1.50 bits per heavy atom. The van der Waals surface area contributed by atoms with Crippen molar-refractivity contribution in [1.82, 2.24) is 10.0 Å². The second-order valence-electron chi connectivity index (χ2n) is 5.71. The number of carbonyl (C=O) groups excluding carboxylic acids is 1. The lowest BCUT2D eigenvalue weighted by Gasteiger charge is -2.17. The number of hydrogen-bond acceptors (Lipinski definition) is 4. The normalized spacial score (nSPS) is 16.6. The molecule has 2 N–H and O–H groups in total. The second kappa shape index (κ2) is 6.31. The van der Waals surface area contributed by atoms with Gasteiger partial charge < -0.3 is 0 Å². The maximum absolute atomic E-state index is 13.2. The lowest BCUT2D eigenvalue weighted by atomic mass is 10.0. The van der Waals surface area contributed by atoms with Crippen LogP contribution in [0.2, 0.25) is 0 Å². The minimum Gasteiger partial charge on any atom is -0.281 e. The molecule has 22 heavy (non-hydrogen) atoms. The summed E-state index contributed by atoms with van der Waals surface area (Å²) >= 11 is 0. The summed E-state index contributed by atoms with van der Waals surface area (Å²) in [5.41, 5.74) is 2.06. The van der Waals surface area contributed by atoms with Crippen molar-refractivity contribution in [2.45, 2.75) is 38.0 Å². The number of nitrogens with one attached hydrogen (secondary N) is 1. The van der Waals surface area contributed by atoms with E-state index in [1.54, 1.807) is 0 Å². The summed E-state index contributed by atoms with van der Waals surface area (Å²) in [6.45, 7) is 3.32. The van der Waals surface area contributed by atoms with Crippen LogP contribution in [-0.4, -0.2) is 24.1 Å². The molecule has 1 aliphatic carbocycles. The molecule has 2 rings (SSSR count). The molecular weight excluding hydrogens is 311 g/mol. The van der Waals surface area contributed by atoms with Crippen LogP contribution in [-0.2, 0) is 14.8 Å². The van der Waals surface area contributed by atoms with Gasteiger partial charge in [-0.25, -0.2) is 12.8 Å². The zero-order valence-electron chi connectivity index (χ0n) is 12.4. The van der Waals surface area contributed by atoms with Crippen LogP contribution in [0.15, 0.2) is 23.1 Å². The molecule has 0 radical (unpaired) electrons. The maximum Gasteiger partial charge on any atom is 0.283 e. The minimum absolute atomic E-state index is 0.128. The highest BCUT2D eigenvalue weighted by atomic mass is 32.2. The summed E-state index contributed by atoms with van der Waals surface area (Å²) < 4.78 is 37.2. The largest absolute Gasteiger partial charge is 0.283 e. The third-order valence-electron chi connectivity index (χ3n) is 3.81. The average molecular weight is 330 g/mol. The summed E-state index contributed by atoms with van der Waals surface area (Å²) in [6, 6.07) is 3.11. The molecule has 0 spiro atoms. The van der Waals surface area contributed by atoms with Crippen molar-refractivity contribution < 1.29 is 22.8 Å². The van der Waals surface area contributed by atoms with Crippen molar-refractivity contribution in [2.75, 3.05) is 0 Å². The first-order chi connectivity index (χ1) is 10.2. The molecule has 0 bridgehead atoms. The fourth-order valence-electron chi connectivity index (χ4n) is 2.21. The Labute approximate surface area is 128 Å². The molecule has 1 atom stereocenters. The average Bonchev–Trinajstić information content (AvgIpc) is 3.25. The lowest BCUT2D eigenvalue weighted by molar-refractivity contribution is -0.136. The van der Waals surface area contributed by atoms with Crippen LogP contribution < -0.4 is 5.43 Å². The molecule has 0 unspecified atom stereocenters. The molecule has 0 aromatic heterocycles. The Morgan fingerprint density at radius 2 is 2.14 bits per heavy atom. The van der Waals surface area contributed by atoms with Crippen molar-refractivity contribution in [3.05, 3.63) is 29.6 Å². The monoisotopic (exact) mass is 330 g/mol. The van der Waals surface area contributed by atoms with Crippen molar-refractivity contribution >= 4 is 15.9 Å². The summed E-state index contributed by atoms with van der Waals surface area (Å²) in [7, 11) is -4.32. The van der Waals surface area contributed by atoms with Crippen molar-refractivity contribution in [2.24, 2.45) is 11.8 Å². The van der Waals surface area contributed by atoms with Crippen molar-refractivity contribution in [3.8, 4) is 0 Å². The Morgan fingerprint density at radius 3 is 2.68 bits per heavy atom. The van der Waals surface area contributed by atoms with Crippen LogP contribution in [0.1, 0.15) is 31.7 Å². The summed E-state index contributed by atoms with van der Waals surface area (Å²) in [5.74, 6) is -0.492. The molecule has 1 aromatic carbocycles. The Balaban J connectivity index is 2.04. The number of benzene rings is 1. The topological polar surface area (TPSA) is 86.7 Å². The highest BCUT2D eigenvalue weighted by Gasteiger charge is 2.31. The van der Waals surface area contributed by atoms with Gasteiger partial charge in [-0.3, -0.25) is 15.4 Å². The SMILES string of the molecule is Cc1cc(S(=O)(=O)N(O)NC(=O)C[C@H](C)C2CC2)ccc1F. The fourth-order valence-corrected chi connectivity index (χ4v) is 3.20. The minimum atomic E-state index is -4.32. The number of amides is 1. The molecule has 122 valence electrons. The standard InChI is InChI=1S/C14H19FN2O4S/c1-9(11-3-4-11)8-14(18)16-17(19)22(20,21)12-5-6-13(15)10(2)7-12/h5-7,9,11,19H,3-4,8H2,1-2H3,(H,16,18)/t9-/m0/s1. The number of hydrogen-bond donors (Lipinski definition) is 2. The van der Waals surface area contributed by atoms with Gasteiger partial charge in [-0.2, -0.15) is 0 Å². The van der Waals surface area contributed by atoms with Gasteiger partial charge in [-0.05, 0) is 55.4 Å². The Bertz CT molecular complexity index is 673. The van der Waals surface area contributed by atoms with Crippen molar-refractivity contribution in [1.29, 1.82) is 0 Å². The van der Waals surface area contributed by atoms with Gasteiger partial charge in [-0.1, -0.05) is 6.92 Å². The van der Waals surface area contributed by atoms with E-state index < -0.39 is 21.7 Å². The predicted molar refractivity (Wildman–Crippen MR) is 76.6 cm³/mol. The molecule has 1 saturated carbocycles. The fraction of sp³-hybridized carbons (Fsp3) is 0.500. The first-order valence-corrected chi connectivity index (χ1v) is 8.45. The number of halogens is 1. The zero-order chi connectivity index (χ0) is 16.5. The van der Waals surface area contributed by atoms with Crippen LogP contribution in [0.4, 0.5) is 4.39 Å². The van der Waals surface area contributed by atoms with E-state index >= 15 is 0 Å². The number of aryl methyl sites for hydroxylation is 1. The van der Waals surface area contributed by atoms with Crippen LogP contribution >= 0.6 is 0 Å². The van der Waals surface area contributed by atoms with Gasteiger partial charge in [0, 0.05) is 11.0 Å². The van der Waals surface area contributed by atoms with Crippen molar-refractivity contribution in [3.63, 3.8) is 0 Å². The molecule has 1 aliphatic rings. The van der Waals surface area contributed by atoms with E-state index in [0.717, 1.165) is 31.0 Å². The molecule has 0 aliphatic heterocycles. The lowest BCUT2D eigenvalue weighted by Crippen LogP contribution is -2.44. The number of hydrazine groups is 1. The quantitative estimate of drug-likeness (QED) is 0.781. The molecule has 8 heteroatoms. The molecule has 1 fully saturated rings. The first-order valence-electron chi connectivity index (χ1n) is 7.01. The smallest absolute Gasteiger partial charge is 0.281 e. The highest BCUT2D eigenvalue weighted by Crippen LogP contribution is 2.38. The first kappa shape index (κ1) is 16.9. The van der Waals surface area contributed by atoms with E-state index in [9.17, 15) is 22.8 Å². The summed E-state index contributed by atoms with van der Waals surface area (Å²) in [6.07, 6.45) is 2.29. The van der Waals surface area contributed by atoms with Gasteiger partial charge in [0.2, 0.25) is 5.91 Å². The molecule has 0 heterocycles. The number of rotatable bonds is 6. The highest BCUT2D eigenvalue weighted by molar-refractivity contribution is 7.89. The van der Waals surface area contributed by atoms with Gasteiger partial charge in [0.1, 0.15) is 5.82 Å². The number of nitrogens with zero attached hydrogens (tertiary/aromatic N) is 1. The number of carbonyl (C=O) groups is 1. The van der Waals surface area contributed by atoms with E-state index in [0.29, 0.717) is 5.92 Å². The van der Waals surface area contributed by atoms with Gasteiger partial charge >= 0.3 is 0 Å². The van der Waals surface area contributed by atoms with Gasteiger partial charge in [0.05, 0.1) is 4.90 Å². The summed E-state index contributed by atoms with van der Waals surface area (Å²) in [4.78, 5) is 11.5. The third kappa shape index (κ3) is 3.82. The van der Waals surface area contributed by atoms with E-state index in [1.807, 2.05) is 12.3 Å². The van der Waals surface area contributed by atoms with Gasteiger partial charge in [-0.15, -0.1) is 0 Å². The number of sulfonamides is 1. The molecule has 1 amide bonds. The van der Waals surface area contributed by atoms with Gasteiger partial charge in [0.25, 0.3) is 10.0 Å². The van der Waals surface area contributed by atoms with Gasteiger partial charge in [0.15, 0.2) is 0 Å². The Kier molecular flexibility index (Phi) is 4.84. The van der Waals surface area contributed by atoms with Crippen LogP contribution in [0, 0.1) is 24.6 Å². The van der Waals surface area contributed by atoms with E-state index in [1.165, 1.54) is 6.92 Å². The zero-order valence-corrected chi connectivity index (χ0v) is 13.2. The molecule has 0 saturated heterocycles. The summed E-state index contributed by atoms with van der Waals surface area (Å²) in [5, 5.41) is 9.65. The Hall–Kier alpha value is -1.51. The molecule has 1 aromatic rings. The molecule has 6 nitrogen and oxygen atoms in total. The predicted octanol–water partition coefficient (Wildman–Crippen LogP) is 1.98. The molecular formula is C14H19FN2O4S. The maximum atomic E-state index is 13.2. The van der Waals surface area contributed by atoms with E-state index in [-0.39, 0.29) is 27.4 Å². The van der Waals surface area contributed by atoms with Crippen LogP contribution in [0.25, 0.3) is 0 Å². The van der Waals surface area contributed by atoms with E-state index in [2.05, 4.69) is 0 Å². The van der Waals surface area contributed by atoms with Crippen LogP contribution in [0.3, 0.4) is 0 Å².